The Labute approximate surface area is 237 Å². The third-order valence-corrected chi connectivity index (χ3v) is 8.91. The Bertz CT molecular complexity index is 1470. The second kappa shape index (κ2) is 12.1. The molecule has 1 aliphatic heterocycles. The summed E-state index contributed by atoms with van der Waals surface area (Å²) in [5.74, 6) is 0.191. The number of pyridine rings is 2. The molecule has 0 unspecified atom stereocenters. The highest BCUT2D eigenvalue weighted by molar-refractivity contribution is 6.09. The first-order valence-corrected chi connectivity index (χ1v) is 15.1. The van der Waals surface area contributed by atoms with E-state index in [0.29, 0.717) is 12.6 Å². The number of para-hydroxylation sites is 1. The van der Waals surface area contributed by atoms with Crippen LogP contribution in [0.25, 0.3) is 21.8 Å². The fourth-order valence-electron chi connectivity index (χ4n) is 6.69. The SMILES string of the molecule is CCCCCN(Cc1nccc2c3ccccc3n(CC(=O)N3CCN(C)CC3)c12)[C@H]1CCCc2cccnc21. The first-order chi connectivity index (χ1) is 19.6. The van der Waals surface area contributed by atoms with Crippen molar-refractivity contribution in [3.8, 4) is 0 Å². The molecular formula is C33H42N6O. The summed E-state index contributed by atoms with van der Waals surface area (Å²) >= 11 is 0. The molecule has 6 rings (SSSR count). The topological polar surface area (TPSA) is 57.5 Å². The Balaban J connectivity index is 1.39. The molecule has 3 aromatic heterocycles. The molecular weight excluding hydrogens is 496 g/mol. The molecule has 0 saturated carbocycles. The molecule has 0 bridgehead atoms. The Morgan fingerprint density at radius 1 is 0.975 bits per heavy atom. The van der Waals surface area contributed by atoms with E-state index in [0.717, 1.165) is 75.3 Å². The van der Waals surface area contributed by atoms with Crippen LogP contribution in [0.5, 0.6) is 0 Å². The van der Waals surface area contributed by atoms with Gasteiger partial charge in [0.1, 0.15) is 6.54 Å². The van der Waals surface area contributed by atoms with E-state index in [-0.39, 0.29) is 5.91 Å². The number of carbonyl (C=O) groups excluding carboxylic acids is 1. The predicted molar refractivity (Wildman–Crippen MR) is 161 cm³/mol. The smallest absolute Gasteiger partial charge is 0.242 e. The van der Waals surface area contributed by atoms with Gasteiger partial charge in [0.25, 0.3) is 0 Å². The molecule has 7 heteroatoms. The van der Waals surface area contributed by atoms with Crippen molar-refractivity contribution >= 4 is 27.7 Å². The lowest BCUT2D eigenvalue weighted by Gasteiger charge is -2.35. The number of hydrogen-bond donors (Lipinski definition) is 0. The molecule has 4 heterocycles. The van der Waals surface area contributed by atoms with Crippen molar-refractivity contribution in [3.63, 3.8) is 0 Å². The van der Waals surface area contributed by atoms with Crippen molar-refractivity contribution in [2.45, 2.75) is 64.6 Å². The number of fused-ring (bicyclic) bond motifs is 4. The zero-order valence-corrected chi connectivity index (χ0v) is 24.1. The first-order valence-electron chi connectivity index (χ1n) is 15.1. The molecule has 1 saturated heterocycles. The minimum atomic E-state index is 0.191. The molecule has 1 amide bonds. The van der Waals surface area contributed by atoms with Gasteiger partial charge in [0.05, 0.1) is 22.9 Å². The minimum Gasteiger partial charge on any atom is -0.339 e. The molecule has 0 radical (unpaired) electrons. The number of nitrogens with zero attached hydrogens (tertiary/aromatic N) is 6. The average molecular weight is 539 g/mol. The van der Waals surface area contributed by atoms with Gasteiger partial charge in [-0.3, -0.25) is 19.7 Å². The molecule has 1 aliphatic carbocycles. The van der Waals surface area contributed by atoms with Crippen molar-refractivity contribution in [1.29, 1.82) is 0 Å². The summed E-state index contributed by atoms with van der Waals surface area (Å²) in [6.07, 6.45) is 10.9. The van der Waals surface area contributed by atoms with E-state index in [9.17, 15) is 4.79 Å². The van der Waals surface area contributed by atoms with Crippen molar-refractivity contribution in [2.24, 2.45) is 0 Å². The van der Waals surface area contributed by atoms with E-state index in [1.165, 1.54) is 41.3 Å². The van der Waals surface area contributed by atoms with E-state index < -0.39 is 0 Å². The number of carbonyl (C=O) groups is 1. The molecule has 0 N–H and O–H groups in total. The molecule has 4 aromatic rings. The van der Waals surface area contributed by atoms with Gasteiger partial charge in [0.2, 0.25) is 5.91 Å². The fourth-order valence-corrected chi connectivity index (χ4v) is 6.69. The van der Waals surface area contributed by atoms with Gasteiger partial charge >= 0.3 is 0 Å². The van der Waals surface area contributed by atoms with Crippen LogP contribution in [0.4, 0.5) is 0 Å². The maximum Gasteiger partial charge on any atom is 0.242 e. The Morgan fingerprint density at radius 2 is 1.82 bits per heavy atom. The van der Waals surface area contributed by atoms with Crippen molar-refractivity contribution in [3.05, 3.63) is 71.8 Å². The number of hydrogen-bond acceptors (Lipinski definition) is 5. The van der Waals surface area contributed by atoms with Gasteiger partial charge in [-0.1, -0.05) is 44.0 Å². The highest BCUT2D eigenvalue weighted by Crippen LogP contribution is 2.36. The van der Waals surface area contributed by atoms with E-state index >= 15 is 0 Å². The van der Waals surface area contributed by atoms with Gasteiger partial charge in [-0.05, 0) is 63.0 Å². The molecule has 1 atom stereocenters. The van der Waals surface area contributed by atoms with Crippen LogP contribution in [0.2, 0.25) is 0 Å². The number of likely N-dealkylation sites (N-methyl/N-ethyl adjacent to an activating group) is 1. The van der Waals surface area contributed by atoms with Gasteiger partial charge in [-0.25, -0.2) is 0 Å². The number of aromatic nitrogens is 3. The van der Waals surface area contributed by atoms with Gasteiger partial charge in [0.15, 0.2) is 0 Å². The van der Waals surface area contributed by atoms with Crippen LogP contribution in [-0.4, -0.2) is 74.9 Å². The lowest BCUT2D eigenvalue weighted by molar-refractivity contribution is -0.133. The summed E-state index contributed by atoms with van der Waals surface area (Å²) in [7, 11) is 2.12. The number of piperazine rings is 1. The third-order valence-electron chi connectivity index (χ3n) is 8.91. The van der Waals surface area contributed by atoms with Crippen LogP contribution in [-0.2, 0) is 24.3 Å². The zero-order valence-electron chi connectivity index (χ0n) is 24.1. The van der Waals surface area contributed by atoms with Crippen molar-refractivity contribution < 1.29 is 4.79 Å². The van der Waals surface area contributed by atoms with E-state index in [4.69, 9.17) is 9.97 Å². The third kappa shape index (κ3) is 5.37. The fraction of sp³-hybridized carbons (Fsp3) is 0.485. The second-order valence-corrected chi connectivity index (χ2v) is 11.6. The maximum atomic E-state index is 13.6. The number of amides is 1. The van der Waals surface area contributed by atoms with Crippen LogP contribution in [0.3, 0.4) is 0 Å². The maximum absolute atomic E-state index is 13.6. The predicted octanol–water partition coefficient (Wildman–Crippen LogP) is 5.43. The highest BCUT2D eigenvalue weighted by atomic mass is 16.2. The number of unbranched alkanes of at least 4 members (excludes halogenated alkanes) is 2. The number of benzene rings is 1. The summed E-state index contributed by atoms with van der Waals surface area (Å²) in [6, 6.07) is 15.2. The molecule has 1 aromatic carbocycles. The number of aryl methyl sites for hydroxylation is 1. The van der Waals surface area contributed by atoms with Crippen molar-refractivity contribution in [1.82, 2.24) is 29.2 Å². The molecule has 40 heavy (non-hydrogen) atoms. The molecule has 2 aliphatic rings. The summed E-state index contributed by atoms with van der Waals surface area (Å²) in [6.45, 7) is 7.81. The van der Waals surface area contributed by atoms with E-state index in [1.54, 1.807) is 0 Å². The van der Waals surface area contributed by atoms with Gasteiger partial charge in [0, 0.05) is 61.4 Å². The summed E-state index contributed by atoms with van der Waals surface area (Å²) < 4.78 is 2.24. The lowest BCUT2D eigenvalue weighted by atomic mass is 9.90. The molecule has 7 nitrogen and oxygen atoms in total. The highest BCUT2D eigenvalue weighted by Gasteiger charge is 2.29. The molecule has 1 fully saturated rings. The quantitative estimate of drug-likeness (QED) is 0.266. The van der Waals surface area contributed by atoms with Crippen LogP contribution in [0.1, 0.15) is 62.0 Å². The number of rotatable bonds is 9. The summed E-state index contributed by atoms with van der Waals surface area (Å²) in [4.78, 5) is 30.4. The second-order valence-electron chi connectivity index (χ2n) is 11.6. The van der Waals surface area contributed by atoms with Crippen LogP contribution < -0.4 is 0 Å². The Kier molecular flexibility index (Phi) is 8.12. The summed E-state index contributed by atoms with van der Waals surface area (Å²) in [5, 5.41) is 2.37. The molecule has 210 valence electrons. The van der Waals surface area contributed by atoms with Gasteiger partial charge in [-0.15, -0.1) is 0 Å². The Hall–Kier alpha value is -3.29. The van der Waals surface area contributed by atoms with E-state index in [2.05, 4.69) is 70.8 Å². The zero-order chi connectivity index (χ0) is 27.5. The van der Waals surface area contributed by atoms with Crippen LogP contribution in [0.15, 0.2) is 54.9 Å². The average Bonchev–Trinajstić information content (AvgIpc) is 3.31. The monoisotopic (exact) mass is 538 g/mol. The standard InChI is InChI=1S/C33H42N6O/c1-3-4-7-18-38(30-14-8-10-25-11-9-16-35-32(25)30)23-28-33-27(15-17-34-28)26-12-5-6-13-29(26)39(33)24-31(40)37-21-19-36(2)20-22-37/h5-6,9,11-13,15-17,30H,3-4,7-8,10,14,18-24H2,1-2H3/t30-/m0/s1. The molecule has 0 spiro atoms. The summed E-state index contributed by atoms with van der Waals surface area (Å²) in [5.41, 5.74) is 5.89. The first kappa shape index (κ1) is 26.9. The van der Waals surface area contributed by atoms with Gasteiger partial charge < -0.3 is 14.4 Å². The largest absolute Gasteiger partial charge is 0.339 e. The minimum absolute atomic E-state index is 0.191. The Morgan fingerprint density at radius 3 is 2.67 bits per heavy atom. The van der Waals surface area contributed by atoms with Crippen molar-refractivity contribution in [2.75, 3.05) is 39.8 Å². The van der Waals surface area contributed by atoms with E-state index in [1.807, 2.05) is 17.3 Å². The normalized spacial score (nSPS) is 18.1. The van der Waals surface area contributed by atoms with Crippen LogP contribution in [0, 0.1) is 0 Å². The lowest BCUT2D eigenvalue weighted by Crippen LogP contribution is -2.48. The van der Waals surface area contributed by atoms with Gasteiger partial charge in [-0.2, -0.15) is 0 Å². The van der Waals surface area contributed by atoms with Crippen LogP contribution >= 0.6 is 0 Å².